The van der Waals surface area contributed by atoms with Crippen molar-refractivity contribution in [3.63, 3.8) is 0 Å². The van der Waals surface area contributed by atoms with E-state index in [1.54, 1.807) is 12.1 Å². The van der Waals surface area contributed by atoms with Crippen molar-refractivity contribution in [2.75, 3.05) is 16.5 Å². The Morgan fingerprint density at radius 2 is 1.70 bits per heavy atom. The molecule has 2 aliphatic heterocycles. The first-order valence-corrected chi connectivity index (χ1v) is 13.0. The number of hydrogen-bond acceptors (Lipinski definition) is 6. The molecular weight excluding hydrogens is 528 g/mol. The lowest BCUT2D eigenvalue weighted by atomic mass is 10.0. The van der Waals surface area contributed by atoms with E-state index < -0.39 is 0 Å². The van der Waals surface area contributed by atoms with Gasteiger partial charge in [0.2, 0.25) is 5.89 Å². The number of halogens is 1. The fourth-order valence-electron chi connectivity index (χ4n) is 5.23. The number of aromatic nitrogens is 1. The molecule has 0 aliphatic carbocycles. The van der Waals surface area contributed by atoms with Crippen molar-refractivity contribution in [2.24, 2.45) is 4.99 Å². The minimum absolute atomic E-state index is 0.0853. The van der Waals surface area contributed by atoms with E-state index >= 15 is 0 Å². The second kappa shape index (κ2) is 8.49. The lowest BCUT2D eigenvalue weighted by Crippen LogP contribution is -2.46. The van der Waals surface area contributed by atoms with Gasteiger partial charge in [-0.3, -0.25) is 4.99 Å². The van der Waals surface area contributed by atoms with Crippen molar-refractivity contribution in [3.8, 4) is 17.2 Å². The third-order valence-corrected chi connectivity index (χ3v) is 7.50. The highest BCUT2D eigenvalue weighted by atomic mass is 79.9. The maximum atomic E-state index is 10.7. The molecule has 37 heavy (non-hydrogen) atoms. The Kier molecular flexibility index (Phi) is 5.08. The SMILES string of the molecule is Cc1ccc2oc(-c3ccc(N=Cc4ccc5c(c4)CN4CN5Cc5cc(Br)ccc54)cc3O)nc2c1. The number of oxazole rings is 1. The van der Waals surface area contributed by atoms with E-state index in [4.69, 9.17) is 4.42 Å². The molecule has 0 atom stereocenters. The maximum absolute atomic E-state index is 10.7. The average molecular weight is 551 g/mol. The summed E-state index contributed by atoms with van der Waals surface area (Å²) in [7, 11) is 0. The van der Waals surface area contributed by atoms with Gasteiger partial charge in [0.15, 0.2) is 5.58 Å². The van der Waals surface area contributed by atoms with E-state index in [1.165, 1.54) is 22.5 Å². The Balaban J connectivity index is 1.13. The third-order valence-electron chi connectivity index (χ3n) is 7.01. The minimum atomic E-state index is 0.0853. The monoisotopic (exact) mass is 550 g/mol. The van der Waals surface area contributed by atoms with Gasteiger partial charge in [0.05, 0.1) is 17.9 Å². The minimum Gasteiger partial charge on any atom is -0.507 e. The van der Waals surface area contributed by atoms with Crippen LogP contribution in [0.25, 0.3) is 22.6 Å². The van der Waals surface area contributed by atoms with E-state index in [9.17, 15) is 5.11 Å². The third kappa shape index (κ3) is 3.96. The molecule has 6 nitrogen and oxygen atoms in total. The van der Waals surface area contributed by atoms with Gasteiger partial charge >= 0.3 is 0 Å². The van der Waals surface area contributed by atoms with Crippen molar-refractivity contribution in [1.82, 2.24) is 4.98 Å². The summed E-state index contributed by atoms with van der Waals surface area (Å²) in [6.45, 7) is 4.68. The van der Waals surface area contributed by atoms with Gasteiger partial charge in [0.25, 0.3) is 0 Å². The molecule has 7 rings (SSSR count). The van der Waals surface area contributed by atoms with Gasteiger partial charge in [0.1, 0.15) is 11.3 Å². The number of anilines is 2. The standard InChI is InChI=1S/C30H23BrN4O2/c1-18-2-9-29-25(10-18)33-30(37-29)24-6-5-23(13-28(24)36)32-14-19-3-7-26-20(11-19)15-34-17-35(26)16-21-12-22(31)4-8-27(21)34/h2-14,36H,15-17H2,1H3. The number of nitrogens with zero attached hydrogens (tertiary/aromatic N) is 4. The zero-order valence-corrected chi connectivity index (χ0v) is 21.7. The first-order chi connectivity index (χ1) is 18.0. The van der Waals surface area contributed by atoms with Crippen LogP contribution in [0.1, 0.15) is 22.3 Å². The molecule has 2 aliphatic rings. The van der Waals surface area contributed by atoms with E-state index in [0.29, 0.717) is 22.7 Å². The highest BCUT2D eigenvalue weighted by Crippen LogP contribution is 2.39. The Morgan fingerprint density at radius 3 is 2.51 bits per heavy atom. The first-order valence-electron chi connectivity index (χ1n) is 12.2. The van der Waals surface area contributed by atoms with Gasteiger partial charge in [-0.2, -0.15) is 0 Å². The predicted molar refractivity (Wildman–Crippen MR) is 151 cm³/mol. The Labute approximate surface area is 222 Å². The van der Waals surface area contributed by atoms with Crippen molar-refractivity contribution in [1.29, 1.82) is 0 Å². The largest absolute Gasteiger partial charge is 0.507 e. The zero-order chi connectivity index (χ0) is 25.1. The number of aromatic hydroxyl groups is 1. The van der Waals surface area contributed by atoms with Crippen molar-refractivity contribution in [3.05, 3.63) is 99.5 Å². The molecule has 3 heterocycles. The summed E-state index contributed by atoms with van der Waals surface area (Å²) in [5.74, 6) is 0.481. The van der Waals surface area contributed by atoms with Crippen LogP contribution in [0.3, 0.4) is 0 Å². The van der Waals surface area contributed by atoms with Gasteiger partial charge < -0.3 is 19.3 Å². The number of phenolic OH excluding ortho intramolecular Hbond substituents is 1. The Bertz CT molecular complexity index is 1720. The van der Waals surface area contributed by atoms with Crippen LogP contribution in [0.2, 0.25) is 0 Å². The van der Waals surface area contributed by atoms with Gasteiger partial charge in [-0.1, -0.05) is 28.1 Å². The summed E-state index contributed by atoms with van der Waals surface area (Å²) in [5, 5.41) is 10.7. The van der Waals surface area contributed by atoms with Crippen LogP contribution < -0.4 is 9.80 Å². The van der Waals surface area contributed by atoms with Gasteiger partial charge in [-0.15, -0.1) is 0 Å². The number of phenols is 1. The van der Waals surface area contributed by atoms with Crippen LogP contribution in [0.15, 0.2) is 86.7 Å². The average Bonchev–Trinajstić information content (AvgIpc) is 3.30. The number of aliphatic imine (C=N–C) groups is 1. The highest BCUT2D eigenvalue weighted by Gasteiger charge is 2.29. The van der Waals surface area contributed by atoms with Crippen LogP contribution in [-0.2, 0) is 13.1 Å². The van der Waals surface area contributed by atoms with Gasteiger partial charge in [-0.05, 0) is 83.8 Å². The van der Waals surface area contributed by atoms with Gasteiger partial charge in [0, 0.05) is 41.2 Å². The first kappa shape index (κ1) is 22.1. The Hall–Kier alpha value is -4.10. The van der Waals surface area contributed by atoms with E-state index in [1.807, 2.05) is 37.4 Å². The molecule has 0 saturated carbocycles. The summed E-state index contributed by atoms with van der Waals surface area (Å²) in [6, 6.07) is 24.2. The van der Waals surface area contributed by atoms with Crippen molar-refractivity contribution >= 4 is 50.3 Å². The molecular formula is C30H23BrN4O2. The topological polar surface area (TPSA) is 65.1 Å². The summed E-state index contributed by atoms with van der Waals surface area (Å²) in [6.07, 6.45) is 1.84. The molecule has 5 aromatic rings. The van der Waals surface area contributed by atoms with Gasteiger partial charge in [-0.25, -0.2) is 4.98 Å². The summed E-state index contributed by atoms with van der Waals surface area (Å²) >= 11 is 3.60. The molecule has 0 amide bonds. The van der Waals surface area contributed by atoms with Crippen LogP contribution in [-0.4, -0.2) is 23.0 Å². The highest BCUT2D eigenvalue weighted by molar-refractivity contribution is 9.10. The normalized spacial score (nSPS) is 14.3. The van der Waals surface area contributed by atoms with E-state index in [0.717, 1.165) is 40.9 Å². The summed E-state index contributed by atoms with van der Waals surface area (Å²) < 4.78 is 6.97. The molecule has 4 aromatic carbocycles. The van der Waals surface area contributed by atoms with Crippen molar-refractivity contribution in [2.45, 2.75) is 20.0 Å². The fourth-order valence-corrected chi connectivity index (χ4v) is 5.64. The number of benzene rings is 4. The summed E-state index contributed by atoms with van der Waals surface area (Å²) in [4.78, 5) is 14.0. The molecule has 0 fully saturated rings. The zero-order valence-electron chi connectivity index (χ0n) is 20.1. The second-order valence-corrected chi connectivity index (χ2v) is 10.6. The molecule has 1 aromatic heterocycles. The molecule has 0 spiro atoms. The number of rotatable bonds is 3. The maximum Gasteiger partial charge on any atom is 0.231 e. The second-order valence-electron chi connectivity index (χ2n) is 9.65. The quantitative estimate of drug-likeness (QED) is 0.238. The predicted octanol–water partition coefficient (Wildman–Crippen LogP) is 7.32. The number of hydrogen-bond donors (Lipinski definition) is 1. The fraction of sp³-hybridized carbons (Fsp3) is 0.133. The number of fused-ring (bicyclic) bond motifs is 7. The smallest absolute Gasteiger partial charge is 0.231 e. The molecule has 1 N–H and O–H groups in total. The Morgan fingerprint density at radius 1 is 0.919 bits per heavy atom. The molecule has 0 saturated heterocycles. The lowest BCUT2D eigenvalue weighted by molar-refractivity contribution is 0.474. The van der Waals surface area contributed by atoms with Crippen LogP contribution >= 0.6 is 15.9 Å². The molecule has 0 radical (unpaired) electrons. The van der Waals surface area contributed by atoms with Crippen LogP contribution in [0.5, 0.6) is 5.75 Å². The van der Waals surface area contributed by atoms with E-state index in [2.05, 4.69) is 72.1 Å². The van der Waals surface area contributed by atoms with E-state index in [-0.39, 0.29) is 5.75 Å². The summed E-state index contributed by atoms with van der Waals surface area (Å²) in [5.41, 5.74) is 10.0. The molecule has 0 unspecified atom stereocenters. The number of aryl methyl sites for hydroxylation is 1. The molecule has 7 heteroatoms. The molecule has 2 bridgehead atoms. The van der Waals surface area contributed by atoms with Crippen LogP contribution in [0, 0.1) is 6.92 Å². The molecule has 182 valence electrons. The van der Waals surface area contributed by atoms with Crippen LogP contribution in [0.4, 0.5) is 17.1 Å². The lowest BCUT2D eigenvalue weighted by Gasteiger charge is -2.44. The van der Waals surface area contributed by atoms with Crippen molar-refractivity contribution < 1.29 is 9.52 Å².